The molecule has 3 rings (SSSR count). The zero-order valence-electron chi connectivity index (χ0n) is 17.6. The second-order valence-electron chi connectivity index (χ2n) is 7.27. The third-order valence-electron chi connectivity index (χ3n) is 4.45. The lowest BCUT2D eigenvalue weighted by atomic mass is 10.2. The van der Waals surface area contributed by atoms with E-state index in [9.17, 15) is 14.4 Å². The Hall–Kier alpha value is -3.05. The zero-order valence-corrected chi connectivity index (χ0v) is 18.4. The summed E-state index contributed by atoms with van der Waals surface area (Å²) >= 11 is 1.11. The maximum absolute atomic E-state index is 13.0. The van der Waals surface area contributed by atoms with Gasteiger partial charge in [-0.25, -0.2) is 9.78 Å². The van der Waals surface area contributed by atoms with Gasteiger partial charge in [-0.3, -0.25) is 19.1 Å². The van der Waals surface area contributed by atoms with Gasteiger partial charge in [0.15, 0.2) is 11.3 Å². The first-order valence-electron chi connectivity index (χ1n) is 9.72. The molecule has 0 saturated heterocycles. The second kappa shape index (κ2) is 9.84. The quantitative estimate of drug-likeness (QED) is 0.473. The summed E-state index contributed by atoms with van der Waals surface area (Å²) in [5.74, 6) is -0.384. The molecule has 2 heterocycles. The summed E-state index contributed by atoms with van der Waals surface area (Å²) in [5.41, 5.74) is 6.08. The third-order valence-corrected chi connectivity index (χ3v) is 5.26. The van der Waals surface area contributed by atoms with E-state index in [1.54, 1.807) is 6.07 Å². The Morgan fingerprint density at radius 1 is 1.35 bits per heavy atom. The third kappa shape index (κ3) is 5.17. The number of thioether (sulfide) groups is 1. The molecule has 0 aliphatic carbocycles. The van der Waals surface area contributed by atoms with Crippen molar-refractivity contribution in [2.24, 2.45) is 5.92 Å². The highest BCUT2D eigenvalue weighted by molar-refractivity contribution is 7.99. The van der Waals surface area contributed by atoms with E-state index < -0.39 is 17.2 Å². The fourth-order valence-electron chi connectivity index (χ4n) is 3.04. The van der Waals surface area contributed by atoms with Crippen LogP contribution in [-0.4, -0.2) is 46.5 Å². The summed E-state index contributed by atoms with van der Waals surface area (Å²) in [6, 6.07) is 7.28. The predicted molar refractivity (Wildman–Crippen MR) is 120 cm³/mol. The first kappa shape index (κ1) is 22.6. The number of nitrogens with zero attached hydrogens (tertiary/aromatic N) is 3. The summed E-state index contributed by atoms with van der Waals surface area (Å²) in [6.45, 7) is 4.42. The number of aromatic amines is 1. The molecule has 0 bridgehead atoms. The Morgan fingerprint density at radius 3 is 2.77 bits per heavy atom. The molecule has 1 aromatic carbocycles. The number of fused-ring (bicyclic) bond motifs is 1. The fraction of sp³-hybridized carbons (Fsp3) is 0.400. The molecule has 11 heteroatoms. The number of amides is 1. The molecule has 0 unspecified atom stereocenters. The molecule has 0 atom stereocenters. The van der Waals surface area contributed by atoms with Crippen LogP contribution in [0.25, 0.3) is 11.1 Å². The first-order chi connectivity index (χ1) is 14.8. The number of carbonyl (C=O) groups is 1. The molecule has 0 fully saturated rings. The Labute approximate surface area is 182 Å². The minimum Gasteiger partial charge on any atom is -0.431 e. The molecule has 3 aromatic rings. The summed E-state index contributed by atoms with van der Waals surface area (Å²) in [6.07, 6.45) is 0. The van der Waals surface area contributed by atoms with Gasteiger partial charge < -0.3 is 19.8 Å². The minimum absolute atomic E-state index is 0.0429. The predicted octanol–water partition coefficient (Wildman–Crippen LogP) is 1.69. The summed E-state index contributed by atoms with van der Waals surface area (Å²) < 4.78 is 12.0. The van der Waals surface area contributed by atoms with E-state index in [0.717, 1.165) is 11.8 Å². The number of hydrogen-bond donors (Lipinski definition) is 2. The van der Waals surface area contributed by atoms with Crippen LogP contribution in [-0.2, 0) is 16.1 Å². The van der Waals surface area contributed by atoms with Gasteiger partial charge in [0.1, 0.15) is 11.3 Å². The summed E-state index contributed by atoms with van der Waals surface area (Å²) in [5, 5.41) is 0.341. The van der Waals surface area contributed by atoms with Gasteiger partial charge in [-0.1, -0.05) is 37.7 Å². The number of rotatable bonds is 9. The first-order valence-corrected chi connectivity index (χ1v) is 10.7. The van der Waals surface area contributed by atoms with Gasteiger partial charge in [-0.2, -0.15) is 0 Å². The van der Waals surface area contributed by atoms with Crippen molar-refractivity contribution in [2.45, 2.75) is 25.6 Å². The maximum Gasteiger partial charge on any atom is 0.330 e. The molecule has 31 heavy (non-hydrogen) atoms. The van der Waals surface area contributed by atoms with Crippen LogP contribution in [0.5, 0.6) is 0 Å². The minimum atomic E-state index is -0.723. The van der Waals surface area contributed by atoms with E-state index in [-0.39, 0.29) is 36.3 Å². The molecule has 0 radical (unpaired) electrons. The number of aromatic nitrogens is 3. The SMILES string of the molecule is COCCN(C(=O)CSc1nc2ccccc2o1)c1c(N)n(CC(C)C)c(=O)[nH]c1=O. The van der Waals surface area contributed by atoms with Crippen LogP contribution in [0.15, 0.2) is 43.5 Å². The number of anilines is 2. The molecule has 10 nitrogen and oxygen atoms in total. The number of methoxy groups -OCH3 is 1. The molecule has 3 N–H and O–H groups in total. The number of oxazole rings is 1. The van der Waals surface area contributed by atoms with Gasteiger partial charge in [-0.05, 0) is 18.1 Å². The van der Waals surface area contributed by atoms with E-state index in [2.05, 4.69) is 9.97 Å². The number of nitrogens with two attached hydrogens (primary N) is 1. The highest BCUT2D eigenvalue weighted by Gasteiger charge is 2.25. The van der Waals surface area contributed by atoms with Crippen molar-refractivity contribution in [3.63, 3.8) is 0 Å². The van der Waals surface area contributed by atoms with Crippen LogP contribution in [0.3, 0.4) is 0 Å². The smallest absolute Gasteiger partial charge is 0.330 e. The molecule has 0 aliphatic heterocycles. The van der Waals surface area contributed by atoms with Crippen LogP contribution in [0.1, 0.15) is 13.8 Å². The largest absolute Gasteiger partial charge is 0.431 e. The van der Waals surface area contributed by atoms with Crippen LogP contribution in [0, 0.1) is 5.92 Å². The van der Waals surface area contributed by atoms with Crippen LogP contribution >= 0.6 is 11.8 Å². The van der Waals surface area contributed by atoms with E-state index >= 15 is 0 Å². The Morgan fingerprint density at radius 2 is 2.10 bits per heavy atom. The molecule has 0 aliphatic rings. The van der Waals surface area contributed by atoms with Crippen LogP contribution in [0.4, 0.5) is 11.5 Å². The maximum atomic E-state index is 13.0. The Kier molecular flexibility index (Phi) is 7.18. The monoisotopic (exact) mass is 447 g/mol. The van der Waals surface area contributed by atoms with Crippen molar-refractivity contribution in [1.29, 1.82) is 0 Å². The van der Waals surface area contributed by atoms with E-state index in [4.69, 9.17) is 14.9 Å². The summed E-state index contributed by atoms with van der Waals surface area (Å²) in [4.78, 5) is 45.7. The van der Waals surface area contributed by atoms with E-state index in [1.165, 1.54) is 16.6 Å². The van der Waals surface area contributed by atoms with E-state index in [1.807, 2.05) is 32.0 Å². The lowest BCUT2D eigenvalue weighted by molar-refractivity contribution is -0.116. The normalized spacial score (nSPS) is 11.4. The van der Waals surface area contributed by atoms with E-state index in [0.29, 0.717) is 22.9 Å². The fourth-order valence-corrected chi connectivity index (χ4v) is 3.76. The van der Waals surface area contributed by atoms with Crippen LogP contribution < -0.4 is 21.9 Å². The number of ether oxygens (including phenoxy) is 1. The van der Waals surface area contributed by atoms with Gasteiger partial charge in [0.2, 0.25) is 5.91 Å². The van der Waals surface area contributed by atoms with Crippen molar-refractivity contribution in [3.8, 4) is 0 Å². The number of nitrogens with one attached hydrogen (secondary N) is 1. The standard InChI is InChI=1S/C20H25N5O5S/c1-12(2)10-25-17(21)16(18(27)23-19(25)28)24(8-9-29-3)15(26)11-31-20-22-13-6-4-5-7-14(13)30-20/h4-7,12H,8-11,21H2,1-3H3,(H,23,27,28). The average molecular weight is 448 g/mol. The van der Waals surface area contributed by atoms with Gasteiger partial charge >= 0.3 is 5.69 Å². The van der Waals surface area contributed by atoms with Gasteiger partial charge in [0, 0.05) is 20.2 Å². The number of carbonyl (C=O) groups excluding carboxylic acids is 1. The number of hydrogen-bond acceptors (Lipinski definition) is 8. The van der Waals surface area contributed by atoms with Gasteiger partial charge in [0.05, 0.1) is 12.4 Å². The summed E-state index contributed by atoms with van der Waals surface area (Å²) in [7, 11) is 1.49. The lowest BCUT2D eigenvalue weighted by Gasteiger charge is -2.24. The molecule has 0 saturated carbocycles. The van der Waals surface area contributed by atoms with Crippen molar-refractivity contribution in [3.05, 3.63) is 45.1 Å². The average Bonchev–Trinajstić information content (AvgIpc) is 3.14. The molecule has 166 valence electrons. The van der Waals surface area contributed by atoms with Crippen molar-refractivity contribution in [2.75, 3.05) is 36.6 Å². The van der Waals surface area contributed by atoms with Crippen LogP contribution in [0.2, 0.25) is 0 Å². The van der Waals surface area contributed by atoms with Crippen molar-refractivity contribution >= 4 is 40.3 Å². The molecule has 2 aromatic heterocycles. The lowest BCUT2D eigenvalue weighted by Crippen LogP contribution is -2.43. The highest BCUT2D eigenvalue weighted by Crippen LogP contribution is 2.25. The molecular weight excluding hydrogens is 422 g/mol. The Balaban J connectivity index is 1.89. The Bertz CT molecular complexity index is 1150. The number of benzene rings is 1. The van der Waals surface area contributed by atoms with Crippen molar-refractivity contribution in [1.82, 2.24) is 14.5 Å². The zero-order chi connectivity index (χ0) is 22.5. The number of nitrogen functional groups attached to an aromatic ring is 1. The number of para-hydroxylation sites is 2. The van der Waals surface area contributed by atoms with Gasteiger partial charge in [0.25, 0.3) is 10.8 Å². The second-order valence-corrected chi connectivity index (χ2v) is 8.20. The number of H-pyrrole nitrogens is 1. The highest BCUT2D eigenvalue weighted by atomic mass is 32.2. The van der Waals surface area contributed by atoms with Gasteiger partial charge in [-0.15, -0.1) is 0 Å². The van der Waals surface area contributed by atoms with Crippen molar-refractivity contribution < 1.29 is 13.9 Å². The topological polar surface area (TPSA) is 136 Å². The molecule has 0 spiro atoms. The molecular formula is C20H25N5O5S. The molecule has 1 amide bonds.